The Labute approximate surface area is 94.0 Å². The molecule has 1 aliphatic heterocycles. The second-order valence-corrected chi connectivity index (χ2v) is 5.42. The van der Waals surface area contributed by atoms with E-state index >= 15 is 0 Å². The fourth-order valence-electron chi connectivity index (χ4n) is 2.09. The molecule has 1 fully saturated rings. The summed E-state index contributed by atoms with van der Waals surface area (Å²) < 4.78 is 5.36. The molecular weight excluding hydrogens is 188 g/mol. The van der Waals surface area contributed by atoms with Gasteiger partial charge in [-0.05, 0) is 53.1 Å². The molecule has 0 atom stereocenters. The molecule has 1 heterocycles. The summed E-state index contributed by atoms with van der Waals surface area (Å²) in [4.78, 5) is 2.47. The minimum Gasteiger partial charge on any atom is -0.381 e. The largest absolute Gasteiger partial charge is 0.381 e. The Morgan fingerprint density at radius 3 is 2.47 bits per heavy atom. The van der Waals surface area contributed by atoms with Crippen molar-refractivity contribution in [3.05, 3.63) is 0 Å². The Hall–Kier alpha value is -0.120. The molecule has 90 valence electrons. The predicted octanol–water partition coefficient (Wildman–Crippen LogP) is 1.61. The third kappa shape index (κ3) is 5.50. The normalized spacial score (nSPS) is 19.8. The van der Waals surface area contributed by atoms with Crippen molar-refractivity contribution in [1.29, 1.82) is 0 Å². The predicted molar refractivity (Wildman–Crippen MR) is 64.0 cm³/mol. The van der Waals surface area contributed by atoms with Gasteiger partial charge in [-0.15, -0.1) is 0 Å². The molecule has 0 aromatic carbocycles. The van der Waals surface area contributed by atoms with Gasteiger partial charge in [0.25, 0.3) is 0 Å². The van der Waals surface area contributed by atoms with Crippen LogP contribution in [0.15, 0.2) is 0 Å². The van der Waals surface area contributed by atoms with Gasteiger partial charge in [0, 0.05) is 24.8 Å². The molecule has 0 saturated carbocycles. The van der Waals surface area contributed by atoms with Gasteiger partial charge < -0.3 is 15.4 Å². The van der Waals surface area contributed by atoms with E-state index in [1.165, 1.54) is 19.3 Å². The van der Waals surface area contributed by atoms with Gasteiger partial charge in [-0.25, -0.2) is 0 Å². The summed E-state index contributed by atoms with van der Waals surface area (Å²) in [6.45, 7) is 7.21. The molecule has 15 heavy (non-hydrogen) atoms. The van der Waals surface area contributed by atoms with Gasteiger partial charge >= 0.3 is 0 Å². The van der Waals surface area contributed by atoms with Crippen LogP contribution in [0, 0.1) is 0 Å². The Bertz CT molecular complexity index is 171. The number of hydrogen-bond acceptors (Lipinski definition) is 3. The van der Waals surface area contributed by atoms with Gasteiger partial charge in [-0.1, -0.05) is 0 Å². The van der Waals surface area contributed by atoms with Crippen LogP contribution < -0.4 is 5.73 Å². The van der Waals surface area contributed by atoms with Crippen LogP contribution in [0.1, 0.15) is 39.5 Å². The van der Waals surface area contributed by atoms with Crippen molar-refractivity contribution >= 4 is 0 Å². The third-order valence-electron chi connectivity index (χ3n) is 3.15. The summed E-state index contributed by atoms with van der Waals surface area (Å²) in [5.41, 5.74) is 5.94. The molecule has 0 radical (unpaired) electrons. The highest BCUT2D eigenvalue weighted by molar-refractivity contribution is 4.75. The molecule has 1 rings (SSSR count). The highest BCUT2D eigenvalue weighted by Crippen LogP contribution is 2.14. The topological polar surface area (TPSA) is 38.5 Å². The maximum absolute atomic E-state index is 5.96. The molecule has 2 N–H and O–H groups in total. The maximum atomic E-state index is 5.96. The van der Waals surface area contributed by atoms with Gasteiger partial charge in [-0.2, -0.15) is 0 Å². The van der Waals surface area contributed by atoms with Crippen molar-refractivity contribution in [2.75, 3.05) is 26.8 Å². The number of rotatable bonds is 5. The molecule has 0 aromatic rings. The molecule has 0 amide bonds. The molecule has 0 unspecified atom stereocenters. The zero-order valence-electron chi connectivity index (χ0n) is 10.5. The average molecular weight is 214 g/mol. The van der Waals surface area contributed by atoms with Gasteiger partial charge in [0.15, 0.2) is 0 Å². The Morgan fingerprint density at radius 2 is 1.93 bits per heavy atom. The van der Waals surface area contributed by atoms with Gasteiger partial charge in [-0.3, -0.25) is 0 Å². The Kier molecular flexibility index (Phi) is 5.03. The van der Waals surface area contributed by atoms with Crippen LogP contribution in [-0.2, 0) is 4.74 Å². The monoisotopic (exact) mass is 214 g/mol. The SMILES string of the molecule is CN(CCCC(C)(C)N)C1CCOCC1. The van der Waals surface area contributed by atoms with Crippen molar-refractivity contribution in [1.82, 2.24) is 4.90 Å². The van der Waals surface area contributed by atoms with Crippen LogP contribution in [0.5, 0.6) is 0 Å². The van der Waals surface area contributed by atoms with Crippen molar-refractivity contribution in [3.63, 3.8) is 0 Å². The van der Waals surface area contributed by atoms with E-state index in [2.05, 4.69) is 25.8 Å². The van der Waals surface area contributed by atoms with E-state index in [1.54, 1.807) is 0 Å². The van der Waals surface area contributed by atoms with E-state index in [0.29, 0.717) is 0 Å². The maximum Gasteiger partial charge on any atom is 0.0480 e. The summed E-state index contributed by atoms with van der Waals surface area (Å²) >= 11 is 0. The lowest BCUT2D eigenvalue weighted by Crippen LogP contribution is -2.38. The van der Waals surface area contributed by atoms with Crippen LogP contribution in [-0.4, -0.2) is 43.3 Å². The van der Waals surface area contributed by atoms with E-state index in [0.717, 1.165) is 32.2 Å². The first-order chi connectivity index (χ1) is 6.99. The molecule has 3 nitrogen and oxygen atoms in total. The molecule has 0 aliphatic carbocycles. The lowest BCUT2D eigenvalue weighted by Gasteiger charge is -2.31. The zero-order valence-corrected chi connectivity index (χ0v) is 10.5. The number of nitrogens with two attached hydrogens (primary N) is 1. The molecule has 0 aromatic heterocycles. The van der Waals surface area contributed by atoms with E-state index in [4.69, 9.17) is 10.5 Å². The summed E-state index contributed by atoms with van der Waals surface area (Å²) in [7, 11) is 2.22. The highest BCUT2D eigenvalue weighted by atomic mass is 16.5. The van der Waals surface area contributed by atoms with Crippen LogP contribution in [0.25, 0.3) is 0 Å². The molecule has 0 spiro atoms. The average Bonchev–Trinajstić information content (AvgIpc) is 2.17. The second-order valence-electron chi connectivity index (χ2n) is 5.42. The van der Waals surface area contributed by atoms with Gasteiger partial charge in [0.2, 0.25) is 0 Å². The second kappa shape index (κ2) is 5.83. The van der Waals surface area contributed by atoms with E-state index < -0.39 is 0 Å². The van der Waals surface area contributed by atoms with Crippen LogP contribution in [0.4, 0.5) is 0 Å². The molecule has 1 aliphatic rings. The fourth-order valence-corrected chi connectivity index (χ4v) is 2.09. The Morgan fingerprint density at radius 1 is 1.33 bits per heavy atom. The number of hydrogen-bond donors (Lipinski definition) is 1. The summed E-state index contributed by atoms with van der Waals surface area (Å²) in [5.74, 6) is 0. The molecular formula is C12H26N2O. The number of nitrogens with zero attached hydrogens (tertiary/aromatic N) is 1. The van der Waals surface area contributed by atoms with E-state index in [1.807, 2.05) is 0 Å². The first-order valence-corrected chi connectivity index (χ1v) is 6.06. The standard InChI is InChI=1S/C12H26N2O/c1-12(2,13)7-4-8-14(3)11-5-9-15-10-6-11/h11H,4-10,13H2,1-3H3. The van der Waals surface area contributed by atoms with Crippen LogP contribution in [0.2, 0.25) is 0 Å². The first-order valence-electron chi connectivity index (χ1n) is 6.06. The van der Waals surface area contributed by atoms with Gasteiger partial charge in [0.1, 0.15) is 0 Å². The highest BCUT2D eigenvalue weighted by Gasteiger charge is 2.18. The van der Waals surface area contributed by atoms with Crippen LogP contribution in [0.3, 0.4) is 0 Å². The van der Waals surface area contributed by atoms with Crippen molar-refractivity contribution in [2.24, 2.45) is 5.73 Å². The quantitative estimate of drug-likeness (QED) is 0.755. The third-order valence-corrected chi connectivity index (χ3v) is 3.15. The Balaban J connectivity index is 2.14. The lowest BCUT2D eigenvalue weighted by atomic mass is 9.99. The van der Waals surface area contributed by atoms with Crippen molar-refractivity contribution in [3.8, 4) is 0 Å². The molecule has 0 bridgehead atoms. The number of ether oxygens (including phenoxy) is 1. The van der Waals surface area contributed by atoms with E-state index in [-0.39, 0.29) is 5.54 Å². The first kappa shape index (κ1) is 12.9. The van der Waals surface area contributed by atoms with Crippen LogP contribution >= 0.6 is 0 Å². The fraction of sp³-hybridized carbons (Fsp3) is 1.00. The molecule has 1 saturated heterocycles. The van der Waals surface area contributed by atoms with E-state index in [9.17, 15) is 0 Å². The minimum atomic E-state index is -0.0173. The summed E-state index contributed by atoms with van der Waals surface area (Å²) in [5, 5.41) is 0. The smallest absolute Gasteiger partial charge is 0.0480 e. The summed E-state index contributed by atoms with van der Waals surface area (Å²) in [6.07, 6.45) is 4.66. The van der Waals surface area contributed by atoms with Crippen molar-refractivity contribution in [2.45, 2.75) is 51.1 Å². The van der Waals surface area contributed by atoms with Gasteiger partial charge in [0.05, 0.1) is 0 Å². The lowest BCUT2D eigenvalue weighted by molar-refractivity contribution is 0.0422. The van der Waals surface area contributed by atoms with Crippen molar-refractivity contribution < 1.29 is 4.74 Å². The summed E-state index contributed by atoms with van der Waals surface area (Å²) in [6, 6.07) is 0.722. The zero-order chi connectivity index (χ0) is 11.3. The molecule has 3 heteroatoms. The minimum absolute atomic E-state index is 0.0173.